The second-order valence-electron chi connectivity index (χ2n) is 9.96. The van der Waals surface area contributed by atoms with Crippen molar-refractivity contribution in [1.82, 2.24) is 15.2 Å². The van der Waals surface area contributed by atoms with Crippen LogP contribution in [0.1, 0.15) is 49.0 Å². The Morgan fingerprint density at radius 2 is 1.97 bits per heavy atom. The van der Waals surface area contributed by atoms with Gasteiger partial charge in [-0.2, -0.15) is 5.26 Å². The van der Waals surface area contributed by atoms with Crippen LogP contribution in [0, 0.1) is 29.6 Å². The molecular weight excluding hydrogens is 529 g/mol. The van der Waals surface area contributed by atoms with Crippen LogP contribution < -0.4 is 10.0 Å². The number of aromatic nitrogens is 3. The van der Waals surface area contributed by atoms with E-state index in [0.717, 1.165) is 41.9 Å². The quantitative estimate of drug-likeness (QED) is 0.396. The van der Waals surface area contributed by atoms with Gasteiger partial charge < -0.3 is 5.32 Å². The standard InChI is InChI=1S/C25H28N6O3S3/c1-15-29-30-24(36-15)31-37(33,34)20-8-6-19(7-9-20)27-22(32)14-35-23-17(13-26)11-16-12-18(25(2,3)4)5-10-21(16)28-23/h6-9,11,18H,5,10,12,14H2,1-4H3,(H,27,32)(H,30,31). The second-order valence-corrected chi connectivity index (χ2v) is 13.8. The first-order chi connectivity index (χ1) is 17.4. The molecule has 0 bridgehead atoms. The molecule has 2 N–H and O–H groups in total. The van der Waals surface area contributed by atoms with Crippen LogP contribution in [0.4, 0.5) is 10.8 Å². The Bertz CT molecular complexity index is 1450. The first-order valence-corrected chi connectivity index (χ1v) is 15.0. The number of amides is 1. The molecular formula is C25H28N6O3S3. The summed E-state index contributed by atoms with van der Waals surface area (Å²) in [5.41, 5.74) is 3.29. The predicted octanol–water partition coefficient (Wildman–Crippen LogP) is 4.80. The SMILES string of the molecule is Cc1nnc(NS(=O)(=O)c2ccc(NC(=O)CSc3nc4c(cc3C#N)CC(C(C)(C)C)CC4)cc2)s1. The molecule has 0 saturated carbocycles. The van der Waals surface area contributed by atoms with E-state index in [1.54, 1.807) is 6.92 Å². The third-order valence-electron chi connectivity index (χ3n) is 6.23. The maximum atomic E-state index is 12.6. The molecule has 0 saturated heterocycles. The van der Waals surface area contributed by atoms with Crippen molar-refractivity contribution in [1.29, 1.82) is 5.26 Å². The highest BCUT2D eigenvalue weighted by atomic mass is 32.2. The molecule has 2 aromatic heterocycles. The van der Waals surface area contributed by atoms with Crippen molar-refractivity contribution in [3.05, 3.63) is 52.2 Å². The van der Waals surface area contributed by atoms with E-state index in [9.17, 15) is 18.5 Å². The number of pyridine rings is 1. The van der Waals surface area contributed by atoms with E-state index in [0.29, 0.717) is 27.2 Å². The number of benzene rings is 1. The fraction of sp³-hybridized carbons (Fsp3) is 0.400. The monoisotopic (exact) mass is 556 g/mol. The molecule has 0 fully saturated rings. The molecule has 1 amide bonds. The molecule has 9 nitrogen and oxygen atoms in total. The number of rotatable bonds is 7. The lowest BCUT2D eigenvalue weighted by Gasteiger charge is -2.34. The third kappa shape index (κ3) is 6.66. The highest BCUT2D eigenvalue weighted by molar-refractivity contribution is 8.00. The number of nitrogens with zero attached hydrogens (tertiary/aromatic N) is 4. The highest BCUT2D eigenvalue weighted by Gasteiger charge is 2.30. The molecule has 37 heavy (non-hydrogen) atoms. The van der Waals surface area contributed by atoms with Gasteiger partial charge in [-0.05, 0) is 73.4 Å². The van der Waals surface area contributed by atoms with Crippen molar-refractivity contribution < 1.29 is 13.2 Å². The first-order valence-electron chi connectivity index (χ1n) is 11.7. The number of thioether (sulfide) groups is 1. The number of sulfonamides is 1. The van der Waals surface area contributed by atoms with E-state index < -0.39 is 10.0 Å². The number of nitriles is 1. The Morgan fingerprint density at radius 1 is 1.24 bits per heavy atom. The van der Waals surface area contributed by atoms with Gasteiger partial charge in [-0.3, -0.25) is 9.52 Å². The summed E-state index contributed by atoms with van der Waals surface area (Å²) in [6.45, 7) is 8.47. The molecule has 0 aliphatic heterocycles. The number of fused-ring (bicyclic) bond motifs is 1. The second kappa shape index (κ2) is 10.8. The van der Waals surface area contributed by atoms with Crippen LogP contribution in [0.15, 0.2) is 40.3 Å². The van der Waals surface area contributed by atoms with Gasteiger partial charge >= 0.3 is 0 Å². The molecule has 4 rings (SSSR count). The number of carbonyl (C=O) groups excluding carboxylic acids is 1. The Morgan fingerprint density at radius 3 is 2.59 bits per heavy atom. The fourth-order valence-electron chi connectivity index (χ4n) is 4.13. The van der Waals surface area contributed by atoms with Crippen LogP contribution in [0.3, 0.4) is 0 Å². The molecule has 2 heterocycles. The largest absolute Gasteiger partial charge is 0.325 e. The molecule has 194 valence electrons. The van der Waals surface area contributed by atoms with Crippen molar-refractivity contribution in [2.45, 2.75) is 56.9 Å². The van der Waals surface area contributed by atoms with Crippen molar-refractivity contribution >= 4 is 49.8 Å². The summed E-state index contributed by atoms with van der Waals surface area (Å²) in [5.74, 6) is 0.339. The zero-order valence-electron chi connectivity index (χ0n) is 21.0. The zero-order chi connectivity index (χ0) is 26.8. The molecule has 1 aliphatic carbocycles. The highest BCUT2D eigenvalue weighted by Crippen LogP contribution is 2.38. The van der Waals surface area contributed by atoms with Gasteiger partial charge in [0.2, 0.25) is 11.0 Å². The predicted molar refractivity (Wildman–Crippen MR) is 145 cm³/mol. The zero-order valence-corrected chi connectivity index (χ0v) is 23.5. The van der Waals surface area contributed by atoms with Crippen LogP contribution in [0.5, 0.6) is 0 Å². The maximum Gasteiger partial charge on any atom is 0.263 e. The van der Waals surface area contributed by atoms with Crippen molar-refractivity contribution in [2.75, 3.05) is 15.8 Å². The normalized spacial score (nSPS) is 15.5. The molecule has 1 aromatic carbocycles. The molecule has 1 unspecified atom stereocenters. The van der Waals surface area contributed by atoms with Crippen LogP contribution in [0.2, 0.25) is 0 Å². The minimum atomic E-state index is -3.82. The molecule has 1 aliphatic rings. The van der Waals surface area contributed by atoms with E-state index >= 15 is 0 Å². The lowest BCUT2D eigenvalue weighted by molar-refractivity contribution is -0.113. The van der Waals surface area contributed by atoms with Crippen LogP contribution in [-0.2, 0) is 27.7 Å². The van der Waals surface area contributed by atoms with Crippen LogP contribution in [-0.4, -0.2) is 35.3 Å². The van der Waals surface area contributed by atoms with Crippen molar-refractivity contribution in [3.63, 3.8) is 0 Å². The minimum absolute atomic E-state index is 0.0401. The number of aryl methyl sites for hydroxylation is 2. The summed E-state index contributed by atoms with van der Waals surface area (Å²) >= 11 is 2.36. The average Bonchev–Trinajstić information content (AvgIpc) is 3.25. The Kier molecular flexibility index (Phi) is 7.87. The maximum absolute atomic E-state index is 12.6. The van der Waals surface area contributed by atoms with E-state index in [2.05, 4.69) is 47.1 Å². The topological polar surface area (TPSA) is 138 Å². The summed E-state index contributed by atoms with van der Waals surface area (Å²) in [6, 6.07) is 10.0. The summed E-state index contributed by atoms with van der Waals surface area (Å²) < 4.78 is 27.5. The smallest absolute Gasteiger partial charge is 0.263 e. The van der Waals surface area contributed by atoms with Crippen molar-refractivity contribution in [3.8, 4) is 6.07 Å². The third-order valence-corrected chi connectivity index (χ3v) is 9.46. The van der Waals surface area contributed by atoms with Gasteiger partial charge in [-0.25, -0.2) is 13.4 Å². The molecule has 0 radical (unpaired) electrons. The lowest BCUT2D eigenvalue weighted by atomic mass is 9.71. The summed E-state index contributed by atoms with van der Waals surface area (Å²) in [6.07, 6.45) is 2.83. The number of carbonyl (C=O) groups is 1. The van der Waals surface area contributed by atoms with Gasteiger partial charge in [-0.1, -0.05) is 43.9 Å². The van der Waals surface area contributed by atoms with E-state index in [1.165, 1.54) is 36.0 Å². The van der Waals surface area contributed by atoms with Gasteiger partial charge in [0, 0.05) is 11.4 Å². The van der Waals surface area contributed by atoms with Gasteiger partial charge in [0.25, 0.3) is 10.0 Å². The number of anilines is 2. The molecule has 0 spiro atoms. The van der Waals surface area contributed by atoms with E-state index in [-0.39, 0.29) is 27.1 Å². The molecule has 3 aromatic rings. The number of hydrogen-bond donors (Lipinski definition) is 2. The average molecular weight is 557 g/mol. The summed E-state index contributed by atoms with van der Waals surface area (Å²) in [4.78, 5) is 17.3. The Hall–Kier alpha value is -3.01. The van der Waals surface area contributed by atoms with Crippen LogP contribution >= 0.6 is 23.1 Å². The number of hydrogen-bond acceptors (Lipinski definition) is 9. The molecule has 1 atom stereocenters. The van der Waals surface area contributed by atoms with E-state index in [4.69, 9.17) is 4.98 Å². The first kappa shape index (κ1) is 27.0. The Balaban J connectivity index is 1.37. The van der Waals surface area contributed by atoms with Gasteiger partial charge in [0.15, 0.2) is 0 Å². The van der Waals surface area contributed by atoms with Gasteiger partial charge in [0.05, 0.1) is 16.2 Å². The van der Waals surface area contributed by atoms with E-state index in [1.807, 2.05) is 6.07 Å². The van der Waals surface area contributed by atoms with Gasteiger partial charge in [-0.15, -0.1) is 10.2 Å². The summed E-state index contributed by atoms with van der Waals surface area (Å²) in [5, 5.41) is 21.4. The lowest BCUT2D eigenvalue weighted by Crippen LogP contribution is -2.27. The van der Waals surface area contributed by atoms with Crippen molar-refractivity contribution in [2.24, 2.45) is 11.3 Å². The fourth-order valence-corrected chi connectivity index (χ4v) is 6.73. The number of nitrogens with one attached hydrogen (secondary N) is 2. The summed E-state index contributed by atoms with van der Waals surface area (Å²) in [7, 11) is -3.82. The molecule has 12 heteroatoms. The Labute approximate surface area is 225 Å². The minimum Gasteiger partial charge on any atom is -0.325 e. The van der Waals surface area contributed by atoms with Gasteiger partial charge in [0.1, 0.15) is 16.1 Å². The van der Waals surface area contributed by atoms with Crippen LogP contribution in [0.25, 0.3) is 0 Å².